The zero-order valence-corrected chi connectivity index (χ0v) is 9.78. The first-order valence-corrected chi connectivity index (χ1v) is 5.96. The molecule has 0 radical (unpaired) electrons. The van der Waals surface area contributed by atoms with Crippen molar-refractivity contribution in [2.75, 3.05) is 0 Å². The molecular weight excluding hydrogens is 230 g/mol. The molecule has 18 heavy (non-hydrogen) atoms. The van der Waals surface area contributed by atoms with E-state index in [0.29, 0.717) is 19.4 Å². The van der Waals surface area contributed by atoms with Crippen molar-refractivity contribution >= 4 is 5.97 Å². The number of fused-ring (bicyclic) bond motifs is 1. The molecule has 0 fully saturated rings. The van der Waals surface area contributed by atoms with Crippen molar-refractivity contribution in [2.24, 2.45) is 5.92 Å². The molecule has 0 amide bonds. The minimum absolute atomic E-state index is 0.328. The topological polar surface area (TPSA) is 68.0 Å². The lowest BCUT2D eigenvalue weighted by Gasteiger charge is -2.20. The summed E-state index contributed by atoms with van der Waals surface area (Å²) >= 11 is 0. The Morgan fingerprint density at radius 1 is 1.28 bits per heavy atom. The van der Waals surface area contributed by atoms with Crippen molar-refractivity contribution in [1.29, 1.82) is 0 Å². The van der Waals surface area contributed by atoms with Gasteiger partial charge in [-0.2, -0.15) is 0 Å². The van der Waals surface area contributed by atoms with Gasteiger partial charge in [-0.05, 0) is 6.42 Å². The summed E-state index contributed by atoms with van der Waals surface area (Å²) in [6, 6.07) is 9.85. The van der Waals surface area contributed by atoms with Gasteiger partial charge in [-0.3, -0.25) is 4.79 Å². The summed E-state index contributed by atoms with van der Waals surface area (Å²) < 4.78 is 2.02. The number of carboxylic acid groups (broad SMARTS) is 1. The Bertz CT molecular complexity index is 577. The van der Waals surface area contributed by atoms with Crippen LogP contribution >= 0.6 is 0 Å². The van der Waals surface area contributed by atoms with E-state index in [2.05, 4.69) is 10.2 Å². The van der Waals surface area contributed by atoms with Gasteiger partial charge in [-0.1, -0.05) is 30.3 Å². The zero-order chi connectivity index (χ0) is 12.5. The number of carbonyl (C=O) groups is 1. The van der Waals surface area contributed by atoms with E-state index in [4.69, 9.17) is 5.11 Å². The van der Waals surface area contributed by atoms with E-state index in [1.165, 1.54) is 0 Å². The van der Waals surface area contributed by atoms with E-state index in [9.17, 15) is 4.79 Å². The molecule has 0 saturated heterocycles. The van der Waals surface area contributed by atoms with E-state index in [1.54, 1.807) is 0 Å². The van der Waals surface area contributed by atoms with Crippen LogP contribution in [0.25, 0.3) is 11.4 Å². The van der Waals surface area contributed by atoms with Crippen LogP contribution in [-0.2, 0) is 17.8 Å². The fourth-order valence-corrected chi connectivity index (χ4v) is 2.34. The van der Waals surface area contributed by atoms with Gasteiger partial charge in [-0.25, -0.2) is 0 Å². The quantitative estimate of drug-likeness (QED) is 0.869. The molecule has 2 aromatic rings. The van der Waals surface area contributed by atoms with Gasteiger partial charge < -0.3 is 9.67 Å². The van der Waals surface area contributed by atoms with Crippen molar-refractivity contribution in [1.82, 2.24) is 14.8 Å². The number of aliphatic carboxylic acids is 1. The number of nitrogens with zero attached hydrogens (tertiary/aromatic N) is 3. The number of benzene rings is 1. The number of aromatic nitrogens is 3. The van der Waals surface area contributed by atoms with E-state index in [-0.39, 0.29) is 5.92 Å². The first kappa shape index (κ1) is 11.0. The fraction of sp³-hybridized carbons (Fsp3) is 0.308. The summed E-state index contributed by atoms with van der Waals surface area (Å²) in [5.41, 5.74) is 1.02. The van der Waals surface area contributed by atoms with Crippen LogP contribution in [0.15, 0.2) is 30.3 Å². The summed E-state index contributed by atoms with van der Waals surface area (Å²) in [5.74, 6) is 0.526. The standard InChI is InChI=1S/C13H13N3O2/c17-13(18)10-6-7-16-11(8-10)14-15-12(16)9-4-2-1-3-5-9/h1-5,10H,6-8H2,(H,17,18). The molecule has 2 heterocycles. The third-order valence-corrected chi connectivity index (χ3v) is 3.34. The van der Waals surface area contributed by atoms with E-state index < -0.39 is 5.97 Å². The van der Waals surface area contributed by atoms with Crippen molar-refractivity contribution in [3.8, 4) is 11.4 Å². The summed E-state index contributed by atoms with van der Waals surface area (Å²) in [5, 5.41) is 17.3. The van der Waals surface area contributed by atoms with E-state index >= 15 is 0 Å². The molecule has 1 aliphatic heterocycles. The molecule has 3 rings (SSSR count). The summed E-state index contributed by atoms with van der Waals surface area (Å²) in [7, 11) is 0. The second-order valence-corrected chi connectivity index (χ2v) is 4.49. The Labute approximate surface area is 104 Å². The lowest BCUT2D eigenvalue weighted by Crippen LogP contribution is -2.26. The predicted octanol–water partition coefficient (Wildman–Crippen LogP) is 1.59. The molecule has 5 nitrogen and oxygen atoms in total. The van der Waals surface area contributed by atoms with Crippen LogP contribution in [0.5, 0.6) is 0 Å². The molecule has 1 aromatic heterocycles. The van der Waals surface area contributed by atoms with Gasteiger partial charge in [0, 0.05) is 18.5 Å². The Morgan fingerprint density at radius 3 is 2.78 bits per heavy atom. The normalized spacial score (nSPS) is 18.3. The number of rotatable bonds is 2. The predicted molar refractivity (Wildman–Crippen MR) is 64.9 cm³/mol. The van der Waals surface area contributed by atoms with E-state index in [1.807, 2.05) is 34.9 Å². The maximum absolute atomic E-state index is 11.0. The highest BCUT2D eigenvalue weighted by atomic mass is 16.4. The molecule has 5 heteroatoms. The van der Waals surface area contributed by atoms with E-state index in [0.717, 1.165) is 17.2 Å². The number of hydrogen-bond acceptors (Lipinski definition) is 3. The molecule has 92 valence electrons. The molecule has 0 saturated carbocycles. The number of hydrogen-bond donors (Lipinski definition) is 1. The second kappa shape index (κ2) is 4.25. The third kappa shape index (κ3) is 1.77. The third-order valence-electron chi connectivity index (χ3n) is 3.34. The van der Waals surface area contributed by atoms with Gasteiger partial charge in [0.05, 0.1) is 5.92 Å². The van der Waals surface area contributed by atoms with Crippen molar-refractivity contribution in [3.05, 3.63) is 36.2 Å². The molecule has 1 N–H and O–H groups in total. The molecule has 1 aliphatic rings. The average molecular weight is 243 g/mol. The maximum atomic E-state index is 11.0. The van der Waals surface area contributed by atoms with Gasteiger partial charge in [0.1, 0.15) is 5.82 Å². The van der Waals surface area contributed by atoms with Gasteiger partial charge in [0.2, 0.25) is 0 Å². The average Bonchev–Trinajstić information content (AvgIpc) is 2.82. The Balaban J connectivity index is 1.96. The minimum atomic E-state index is -0.745. The second-order valence-electron chi connectivity index (χ2n) is 4.49. The Hall–Kier alpha value is -2.17. The van der Waals surface area contributed by atoms with Crippen molar-refractivity contribution < 1.29 is 9.90 Å². The first-order chi connectivity index (χ1) is 8.75. The van der Waals surface area contributed by atoms with Gasteiger partial charge in [0.25, 0.3) is 0 Å². The van der Waals surface area contributed by atoms with Crippen LogP contribution in [0.3, 0.4) is 0 Å². The summed E-state index contributed by atoms with van der Waals surface area (Å²) in [4.78, 5) is 11.0. The Morgan fingerprint density at radius 2 is 2.06 bits per heavy atom. The summed E-state index contributed by atoms with van der Waals surface area (Å²) in [6.45, 7) is 0.670. The Kier molecular flexibility index (Phi) is 2.59. The molecule has 0 spiro atoms. The van der Waals surface area contributed by atoms with Crippen LogP contribution in [0.1, 0.15) is 12.2 Å². The van der Waals surface area contributed by atoms with Crippen LogP contribution in [0.4, 0.5) is 0 Å². The smallest absolute Gasteiger partial charge is 0.307 e. The van der Waals surface area contributed by atoms with Crippen LogP contribution in [-0.4, -0.2) is 25.8 Å². The molecule has 0 bridgehead atoms. The first-order valence-electron chi connectivity index (χ1n) is 5.96. The fourth-order valence-electron chi connectivity index (χ4n) is 2.34. The van der Waals surface area contributed by atoms with Gasteiger partial charge in [0.15, 0.2) is 5.82 Å². The highest BCUT2D eigenvalue weighted by Gasteiger charge is 2.27. The molecule has 1 unspecified atom stereocenters. The minimum Gasteiger partial charge on any atom is -0.481 e. The van der Waals surface area contributed by atoms with Crippen molar-refractivity contribution in [2.45, 2.75) is 19.4 Å². The molecule has 1 aromatic carbocycles. The lowest BCUT2D eigenvalue weighted by atomic mass is 9.98. The van der Waals surface area contributed by atoms with Gasteiger partial charge >= 0.3 is 5.97 Å². The summed E-state index contributed by atoms with van der Waals surface area (Å²) in [6.07, 6.45) is 1.11. The number of carboxylic acids is 1. The zero-order valence-electron chi connectivity index (χ0n) is 9.78. The molecule has 0 aliphatic carbocycles. The SMILES string of the molecule is O=C(O)C1CCn2c(nnc2-c2ccccc2)C1. The molecular formula is C13H13N3O2. The van der Waals surface area contributed by atoms with Gasteiger partial charge in [-0.15, -0.1) is 10.2 Å². The van der Waals surface area contributed by atoms with Crippen LogP contribution in [0.2, 0.25) is 0 Å². The highest BCUT2D eigenvalue weighted by Crippen LogP contribution is 2.25. The van der Waals surface area contributed by atoms with Crippen LogP contribution < -0.4 is 0 Å². The maximum Gasteiger partial charge on any atom is 0.307 e. The van der Waals surface area contributed by atoms with Crippen molar-refractivity contribution in [3.63, 3.8) is 0 Å². The lowest BCUT2D eigenvalue weighted by molar-refractivity contribution is -0.142. The molecule has 1 atom stereocenters. The monoisotopic (exact) mass is 243 g/mol. The van der Waals surface area contributed by atoms with Crippen LogP contribution in [0, 0.1) is 5.92 Å². The largest absolute Gasteiger partial charge is 0.481 e. The highest BCUT2D eigenvalue weighted by molar-refractivity contribution is 5.70.